The first-order valence-electron chi connectivity index (χ1n) is 7.98. The van der Waals surface area contributed by atoms with Crippen molar-refractivity contribution in [3.8, 4) is 0 Å². The van der Waals surface area contributed by atoms with E-state index >= 15 is 0 Å². The van der Waals surface area contributed by atoms with Crippen LogP contribution in [0.4, 0.5) is 0 Å². The molecule has 1 heterocycles. The van der Waals surface area contributed by atoms with Crippen molar-refractivity contribution in [3.63, 3.8) is 0 Å². The van der Waals surface area contributed by atoms with E-state index in [0.29, 0.717) is 0 Å². The zero-order valence-electron chi connectivity index (χ0n) is 13.5. The Hall–Kier alpha value is -0.160. The molecule has 0 radical (unpaired) electrons. The van der Waals surface area contributed by atoms with Crippen molar-refractivity contribution in [1.82, 2.24) is 15.1 Å². The molecule has 4 nitrogen and oxygen atoms in total. The molecule has 2 N–H and O–H groups in total. The van der Waals surface area contributed by atoms with Gasteiger partial charge in [0.2, 0.25) is 0 Å². The molecule has 1 aliphatic heterocycles. The summed E-state index contributed by atoms with van der Waals surface area (Å²) in [5.41, 5.74) is 0. The fourth-order valence-corrected chi connectivity index (χ4v) is 2.48. The number of nitrogens with zero attached hydrogens (tertiary/aromatic N) is 2. The van der Waals surface area contributed by atoms with E-state index in [4.69, 9.17) is 5.11 Å². The highest BCUT2D eigenvalue weighted by atomic mass is 16.3. The lowest BCUT2D eigenvalue weighted by Crippen LogP contribution is -2.39. The average molecular weight is 273 g/mol. The topological polar surface area (TPSA) is 38.7 Å². The van der Waals surface area contributed by atoms with Crippen LogP contribution in [0.5, 0.6) is 0 Å². The molecular formula is C15H35N3O. The van der Waals surface area contributed by atoms with Crippen molar-refractivity contribution in [2.24, 2.45) is 5.92 Å². The molecule has 1 saturated heterocycles. The van der Waals surface area contributed by atoms with Gasteiger partial charge >= 0.3 is 0 Å². The van der Waals surface area contributed by atoms with Gasteiger partial charge in [-0.2, -0.15) is 0 Å². The molecule has 0 bridgehead atoms. The number of aliphatic hydroxyl groups excluding tert-OH is 1. The number of nitrogens with one attached hydrogen (secondary N) is 1. The van der Waals surface area contributed by atoms with Crippen molar-refractivity contribution >= 4 is 0 Å². The number of aliphatic hydroxyl groups is 1. The predicted octanol–water partition coefficient (Wildman–Crippen LogP) is 1.26. The second kappa shape index (κ2) is 12.9. The molecule has 0 unspecified atom stereocenters. The zero-order valence-corrected chi connectivity index (χ0v) is 13.5. The highest BCUT2D eigenvalue weighted by molar-refractivity contribution is 4.71. The second-order valence-electron chi connectivity index (χ2n) is 5.11. The molecule has 0 saturated carbocycles. The fraction of sp³-hybridized carbons (Fsp3) is 1.00. The lowest BCUT2D eigenvalue weighted by molar-refractivity contribution is 0.171. The second-order valence-corrected chi connectivity index (χ2v) is 5.11. The molecule has 116 valence electrons. The number of hydrogen-bond acceptors (Lipinski definition) is 4. The Balaban J connectivity index is 0.00000154. The molecule has 0 aromatic rings. The number of likely N-dealkylation sites (N-methyl/N-ethyl adjacent to an activating group) is 2. The van der Waals surface area contributed by atoms with Crippen LogP contribution >= 0.6 is 0 Å². The first kappa shape index (κ1) is 18.8. The molecule has 0 aromatic heterocycles. The first-order valence-corrected chi connectivity index (χ1v) is 7.98. The monoisotopic (exact) mass is 273 g/mol. The largest absolute Gasteiger partial charge is 0.395 e. The molecule has 1 rings (SSSR count). The van der Waals surface area contributed by atoms with Crippen molar-refractivity contribution in [3.05, 3.63) is 0 Å². The standard InChI is InChI=1S/C13H29N3O.C2H6/c1-3-16(10-11-17)9-8-15(2)12-13-4-6-14-7-5-13;1-2/h13-14,17H,3-12H2,1-2H3;1-2H3. The molecule has 0 atom stereocenters. The molecule has 4 heteroatoms. The smallest absolute Gasteiger partial charge is 0.0558 e. The third kappa shape index (κ3) is 9.38. The lowest BCUT2D eigenvalue weighted by atomic mass is 9.98. The average Bonchev–Trinajstić information content (AvgIpc) is 2.46. The normalized spacial score (nSPS) is 16.6. The summed E-state index contributed by atoms with van der Waals surface area (Å²) in [7, 11) is 2.22. The van der Waals surface area contributed by atoms with Crippen molar-refractivity contribution in [1.29, 1.82) is 0 Å². The van der Waals surface area contributed by atoms with Crippen LogP contribution in [-0.4, -0.2) is 74.4 Å². The minimum absolute atomic E-state index is 0.270. The molecular weight excluding hydrogens is 238 g/mol. The highest BCUT2D eigenvalue weighted by Crippen LogP contribution is 2.12. The summed E-state index contributed by atoms with van der Waals surface area (Å²) in [6, 6.07) is 0. The number of hydrogen-bond donors (Lipinski definition) is 2. The Morgan fingerprint density at radius 3 is 2.26 bits per heavy atom. The quantitative estimate of drug-likeness (QED) is 0.698. The Morgan fingerprint density at radius 2 is 1.74 bits per heavy atom. The van der Waals surface area contributed by atoms with E-state index in [1.807, 2.05) is 13.8 Å². The van der Waals surface area contributed by atoms with Gasteiger partial charge in [-0.1, -0.05) is 20.8 Å². The van der Waals surface area contributed by atoms with E-state index in [-0.39, 0.29) is 6.61 Å². The van der Waals surface area contributed by atoms with Crippen LogP contribution in [-0.2, 0) is 0 Å². The van der Waals surface area contributed by atoms with Crippen molar-refractivity contribution < 1.29 is 5.11 Å². The van der Waals surface area contributed by atoms with Gasteiger partial charge in [0.1, 0.15) is 0 Å². The third-order valence-electron chi connectivity index (χ3n) is 3.69. The van der Waals surface area contributed by atoms with Crippen LogP contribution in [0.15, 0.2) is 0 Å². The van der Waals surface area contributed by atoms with Gasteiger partial charge in [0, 0.05) is 26.2 Å². The van der Waals surface area contributed by atoms with Crippen molar-refractivity contribution in [2.75, 3.05) is 59.5 Å². The van der Waals surface area contributed by atoms with Crippen molar-refractivity contribution in [2.45, 2.75) is 33.6 Å². The van der Waals surface area contributed by atoms with Crippen LogP contribution in [0.2, 0.25) is 0 Å². The van der Waals surface area contributed by atoms with Crippen LogP contribution in [0.3, 0.4) is 0 Å². The van der Waals surface area contributed by atoms with E-state index in [1.165, 1.54) is 32.5 Å². The number of piperidine rings is 1. The summed E-state index contributed by atoms with van der Waals surface area (Å²) in [4.78, 5) is 4.74. The molecule has 0 amide bonds. The summed E-state index contributed by atoms with van der Waals surface area (Å²) in [5, 5.41) is 12.3. The maximum Gasteiger partial charge on any atom is 0.0558 e. The maximum absolute atomic E-state index is 8.93. The van der Waals surface area contributed by atoms with E-state index in [0.717, 1.165) is 32.1 Å². The highest BCUT2D eigenvalue weighted by Gasteiger charge is 2.15. The fourth-order valence-electron chi connectivity index (χ4n) is 2.48. The van der Waals surface area contributed by atoms with E-state index in [1.54, 1.807) is 0 Å². The van der Waals surface area contributed by atoms with E-state index in [9.17, 15) is 0 Å². The molecule has 0 aromatic carbocycles. The Kier molecular flexibility index (Phi) is 12.7. The Labute approximate surface area is 120 Å². The molecule has 19 heavy (non-hydrogen) atoms. The summed E-state index contributed by atoms with van der Waals surface area (Å²) >= 11 is 0. The van der Waals surface area contributed by atoms with E-state index < -0.39 is 0 Å². The maximum atomic E-state index is 8.93. The van der Waals surface area contributed by atoms with Crippen LogP contribution in [0.25, 0.3) is 0 Å². The van der Waals surface area contributed by atoms with Gasteiger partial charge in [-0.05, 0) is 45.4 Å². The zero-order chi connectivity index (χ0) is 14.5. The number of rotatable bonds is 8. The van der Waals surface area contributed by atoms with Crippen LogP contribution in [0, 0.1) is 5.92 Å². The minimum Gasteiger partial charge on any atom is -0.395 e. The molecule has 1 fully saturated rings. The molecule has 1 aliphatic rings. The Bertz CT molecular complexity index is 184. The lowest BCUT2D eigenvalue weighted by Gasteiger charge is -2.29. The van der Waals surface area contributed by atoms with Gasteiger partial charge in [0.25, 0.3) is 0 Å². The predicted molar refractivity (Wildman–Crippen MR) is 83.6 cm³/mol. The van der Waals surface area contributed by atoms with Gasteiger partial charge in [0.15, 0.2) is 0 Å². The van der Waals surface area contributed by atoms with Gasteiger partial charge in [-0.3, -0.25) is 0 Å². The van der Waals surface area contributed by atoms with Gasteiger partial charge in [0.05, 0.1) is 6.61 Å². The summed E-state index contributed by atoms with van der Waals surface area (Å²) in [6.45, 7) is 14.0. The van der Waals surface area contributed by atoms with Gasteiger partial charge in [-0.15, -0.1) is 0 Å². The first-order chi connectivity index (χ1) is 9.26. The Morgan fingerprint density at radius 1 is 1.11 bits per heavy atom. The van der Waals surface area contributed by atoms with Gasteiger partial charge in [-0.25, -0.2) is 0 Å². The third-order valence-corrected chi connectivity index (χ3v) is 3.69. The molecule has 0 aliphatic carbocycles. The van der Waals surface area contributed by atoms with E-state index in [2.05, 4.69) is 29.1 Å². The summed E-state index contributed by atoms with van der Waals surface area (Å²) < 4.78 is 0. The molecule has 0 spiro atoms. The SMILES string of the molecule is CC.CCN(CCO)CCN(C)CC1CCNCC1. The minimum atomic E-state index is 0.270. The summed E-state index contributed by atoms with van der Waals surface area (Å²) in [5.74, 6) is 0.870. The van der Waals surface area contributed by atoms with Crippen LogP contribution in [0.1, 0.15) is 33.6 Å². The van der Waals surface area contributed by atoms with Crippen LogP contribution < -0.4 is 5.32 Å². The van der Waals surface area contributed by atoms with Gasteiger partial charge < -0.3 is 20.2 Å². The summed E-state index contributed by atoms with van der Waals surface area (Å²) in [6.07, 6.45) is 2.64.